The molecule has 1 aromatic rings. The Morgan fingerprint density at radius 2 is 1.90 bits per heavy atom. The quantitative estimate of drug-likeness (QED) is 0.777. The zero-order valence-corrected chi connectivity index (χ0v) is 12.7. The van der Waals surface area contributed by atoms with Crippen LogP contribution in [0.5, 0.6) is 11.5 Å². The first kappa shape index (κ1) is 13.7. The number of carbonyl (C=O) groups excluding carboxylic acids is 1. The molecule has 1 unspecified atom stereocenters. The molecule has 2 aliphatic heterocycles. The normalized spacial score (nSPS) is 20.3. The Morgan fingerprint density at radius 1 is 1.24 bits per heavy atom. The maximum absolute atomic E-state index is 12.4. The molecule has 0 saturated heterocycles. The van der Waals surface area contributed by atoms with Crippen LogP contribution in [0.15, 0.2) is 17.8 Å². The summed E-state index contributed by atoms with van der Waals surface area (Å²) in [6.45, 7) is 2.41. The molecule has 0 N–H and O–H groups in total. The number of ether oxygens (including phenoxy) is 2. The second kappa shape index (κ2) is 4.91. The van der Waals surface area contributed by atoms with Crippen LogP contribution in [0.25, 0.3) is 6.08 Å². The fraction of sp³-hybridized carbons (Fsp3) is 0.375. The highest BCUT2D eigenvalue weighted by Gasteiger charge is 2.37. The zero-order chi connectivity index (χ0) is 15.1. The van der Waals surface area contributed by atoms with Crippen molar-refractivity contribution in [3.05, 3.63) is 29.0 Å². The van der Waals surface area contributed by atoms with Crippen molar-refractivity contribution < 1.29 is 18.8 Å². The molecule has 0 saturated carbocycles. The molecule has 21 heavy (non-hydrogen) atoms. The van der Waals surface area contributed by atoms with Crippen molar-refractivity contribution in [1.29, 1.82) is 0 Å². The lowest BCUT2D eigenvalue weighted by atomic mass is 9.92. The van der Waals surface area contributed by atoms with E-state index in [4.69, 9.17) is 9.47 Å². The van der Waals surface area contributed by atoms with E-state index in [-0.39, 0.29) is 11.9 Å². The molecular formula is C16H19N2O3+. The van der Waals surface area contributed by atoms with E-state index in [2.05, 4.69) is 0 Å². The largest absolute Gasteiger partial charge is 0.496 e. The van der Waals surface area contributed by atoms with Crippen LogP contribution in [0.3, 0.4) is 0 Å². The van der Waals surface area contributed by atoms with Gasteiger partial charge in [0.1, 0.15) is 24.2 Å². The predicted molar refractivity (Wildman–Crippen MR) is 79.9 cm³/mol. The van der Waals surface area contributed by atoms with Crippen molar-refractivity contribution in [2.45, 2.75) is 13.0 Å². The average molecular weight is 287 g/mol. The van der Waals surface area contributed by atoms with Crippen LogP contribution in [-0.2, 0) is 4.79 Å². The van der Waals surface area contributed by atoms with E-state index in [9.17, 15) is 4.79 Å². The highest BCUT2D eigenvalue weighted by atomic mass is 16.5. The van der Waals surface area contributed by atoms with Crippen molar-refractivity contribution in [2.75, 3.05) is 27.8 Å². The Labute approximate surface area is 124 Å². The molecular weight excluding hydrogens is 268 g/mol. The summed E-state index contributed by atoms with van der Waals surface area (Å²) < 4.78 is 12.8. The number of benzene rings is 1. The van der Waals surface area contributed by atoms with E-state index in [1.807, 2.05) is 47.9 Å². The molecule has 1 amide bonds. The third kappa shape index (κ3) is 2.00. The molecule has 110 valence electrons. The van der Waals surface area contributed by atoms with E-state index < -0.39 is 0 Å². The zero-order valence-electron chi connectivity index (χ0n) is 12.7. The van der Waals surface area contributed by atoms with Crippen molar-refractivity contribution in [3.63, 3.8) is 0 Å². The lowest BCUT2D eigenvalue weighted by Gasteiger charge is -2.36. The number of nitrogens with zero attached hydrogens (tertiary/aromatic N) is 2. The topological polar surface area (TPSA) is 41.8 Å². The number of methoxy groups -OCH3 is 2. The van der Waals surface area contributed by atoms with Gasteiger partial charge in [-0.3, -0.25) is 9.69 Å². The predicted octanol–water partition coefficient (Wildman–Crippen LogP) is 1.67. The van der Waals surface area contributed by atoms with Crippen molar-refractivity contribution >= 4 is 18.2 Å². The molecule has 0 radical (unpaired) electrons. The molecule has 1 atom stereocenters. The lowest BCUT2D eigenvalue weighted by molar-refractivity contribution is -0.484. The fourth-order valence-corrected chi connectivity index (χ4v) is 3.12. The maximum Gasteiger partial charge on any atom is 0.293 e. The number of hydrogen-bond donors (Lipinski definition) is 0. The SMILES string of the molecule is COc1ccc(OC)c2c1C=C1C=[N+](C)CC(=O)N1C2C. The van der Waals surface area contributed by atoms with Crippen LogP contribution in [-0.4, -0.2) is 49.4 Å². The molecule has 2 heterocycles. The Morgan fingerprint density at radius 3 is 2.57 bits per heavy atom. The Bertz CT molecular complexity index is 676. The van der Waals surface area contributed by atoms with E-state index >= 15 is 0 Å². The highest BCUT2D eigenvalue weighted by molar-refractivity contribution is 5.96. The minimum absolute atomic E-state index is 0.0810. The molecule has 0 spiro atoms. The van der Waals surface area contributed by atoms with Crippen LogP contribution in [0.4, 0.5) is 0 Å². The summed E-state index contributed by atoms with van der Waals surface area (Å²) in [6, 6.07) is 3.70. The van der Waals surface area contributed by atoms with Crippen molar-refractivity contribution in [3.8, 4) is 11.5 Å². The van der Waals surface area contributed by atoms with Gasteiger partial charge in [0.05, 0.1) is 20.3 Å². The van der Waals surface area contributed by atoms with Gasteiger partial charge < -0.3 is 9.47 Å². The van der Waals surface area contributed by atoms with Crippen molar-refractivity contribution in [1.82, 2.24) is 4.90 Å². The number of allylic oxidation sites excluding steroid dienone is 1. The van der Waals surface area contributed by atoms with Crippen LogP contribution < -0.4 is 9.47 Å². The van der Waals surface area contributed by atoms with Crippen LogP contribution >= 0.6 is 0 Å². The second-order valence-corrected chi connectivity index (χ2v) is 5.35. The molecule has 1 aromatic carbocycles. The highest BCUT2D eigenvalue weighted by Crippen LogP contribution is 2.43. The molecule has 0 aromatic heterocycles. The van der Waals surface area contributed by atoms with Gasteiger partial charge in [-0.1, -0.05) is 0 Å². The molecule has 2 aliphatic rings. The number of hydrogen-bond acceptors (Lipinski definition) is 3. The van der Waals surface area contributed by atoms with Crippen LogP contribution in [0.1, 0.15) is 24.1 Å². The third-order valence-electron chi connectivity index (χ3n) is 4.03. The first-order chi connectivity index (χ1) is 10.1. The molecule has 3 rings (SSSR count). The summed E-state index contributed by atoms with van der Waals surface area (Å²) in [6.07, 6.45) is 3.98. The maximum atomic E-state index is 12.4. The van der Waals surface area contributed by atoms with Crippen molar-refractivity contribution in [2.24, 2.45) is 0 Å². The van der Waals surface area contributed by atoms with Gasteiger partial charge in [-0.15, -0.1) is 0 Å². The summed E-state index contributed by atoms with van der Waals surface area (Å²) in [5.41, 5.74) is 2.86. The average Bonchev–Trinajstić information content (AvgIpc) is 2.45. The standard InChI is InChI=1S/C16H19N2O3/c1-10-16-12(13(20-3)5-6-14(16)21-4)7-11-8-17(2)9-15(19)18(10)11/h5-8,10H,9H2,1-4H3/q+1. The number of amides is 1. The van der Waals surface area contributed by atoms with Gasteiger partial charge in [0.2, 0.25) is 6.54 Å². The summed E-state index contributed by atoms with van der Waals surface area (Å²) in [5, 5.41) is 0. The minimum atomic E-state index is -0.0810. The Balaban J connectivity index is 2.27. The Hall–Kier alpha value is -2.30. The third-order valence-corrected chi connectivity index (χ3v) is 4.03. The number of fused-ring (bicyclic) bond motifs is 2. The monoisotopic (exact) mass is 287 g/mol. The van der Waals surface area contributed by atoms with Crippen LogP contribution in [0, 0.1) is 0 Å². The molecule has 0 bridgehead atoms. The number of rotatable bonds is 2. The summed E-state index contributed by atoms with van der Waals surface area (Å²) in [5.74, 6) is 1.66. The summed E-state index contributed by atoms with van der Waals surface area (Å²) in [4.78, 5) is 14.2. The van der Waals surface area contributed by atoms with Gasteiger partial charge in [0.15, 0.2) is 6.21 Å². The van der Waals surface area contributed by atoms with Gasteiger partial charge >= 0.3 is 0 Å². The minimum Gasteiger partial charge on any atom is -0.496 e. The summed E-state index contributed by atoms with van der Waals surface area (Å²) >= 11 is 0. The van der Waals surface area contributed by atoms with E-state index in [0.29, 0.717) is 6.54 Å². The van der Waals surface area contributed by atoms with Gasteiger partial charge in [-0.05, 0) is 25.1 Å². The number of likely N-dealkylation sites (N-methyl/N-ethyl adjacent to an activating group) is 1. The number of carbonyl (C=O) groups is 1. The first-order valence-electron chi connectivity index (χ1n) is 6.90. The van der Waals surface area contributed by atoms with Gasteiger partial charge in [-0.25, -0.2) is 4.58 Å². The van der Waals surface area contributed by atoms with E-state index in [0.717, 1.165) is 28.3 Å². The van der Waals surface area contributed by atoms with Gasteiger partial charge in [-0.2, -0.15) is 0 Å². The summed E-state index contributed by atoms with van der Waals surface area (Å²) in [7, 11) is 5.20. The van der Waals surface area contributed by atoms with E-state index in [1.54, 1.807) is 14.2 Å². The Kier molecular flexibility index (Phi) is 3.20. The van der Waals surface area contributed by atoms with E-state index in [1.165, 1.54) is 0 Å². The second-order valence-electron chi connectivity index (χ2n) is 5.35. The molecule has 5 nitrogen and oxygen atoms in total. The molecule has 0 fully saturated rings. The van der Waals surface area contributed by atoms with Gasteiger partial charge in [0.25, 0.3) is 5.91 Å². The lowest BCUT2D eigenvalue weighted by Crippen LogP contribution is -2.44. The first-order valence-corrected chi connectivity index (χ1v) is 6.90. The smallest absolute Gasteiger partial charge is 0.293 e. The van der Waals surface area contributed by atoms with Crippen LogP contribution in [0.2, 0.25) is 0 Å². The molecule has 5 heteroatoms. The molecule has 0 aliphatic carbocycles. The van der Waals surface area contributed by atoms with Gasteiger partial charge in [0, 0.05) is 11.1 Å². The fourth-order valence-electron chi connectivity index (χ4n) is 3.12.